The summed E-state index contributed by atoms with van der Waals surface area (Å²) in [6.45, 7) is 8.25. The summed E-state index contributed by atoms with van der Waals surface area (Å²) < 4.78 is 0. The number of hydrogen-bond donors (Lipinski definition) is 1. The van der Waals surface area contributed by atoms with Crippen molar-refractivity contribution in [2.45, 2.75) is 70.6 Å². The van der Waals surface area contributed by atoms with Crippen LogP contribution in [-0.2, 0) is 0 Å². The fourth-order valence-corrected chi connectivity index (χ4v) is 3.21. The Balaban J connectivity index is 1.94. The van der Waals surface area contributed by atoms with Crippen LogP contribution in [0.1, 0.15) is 59.3 Å². The second kappa shape index (κ2) is 8.41. The fourth-order valence-electron chi connectivity index (χ4n) is 2.36. The van der Waals surface area contributed by atoms with Crippen molar-refractivity contribution in [3.05, 3.63) is 0 Å². The molecule has 1 heterocycles. The van der Waals surface area contributed by atoms with Gasteiger partial charge in [0.15, 0.2) is 0 Å². The second-order valence-corrected chi connectivity index (χ2v) is 6.82. The van der Waals surface area contributed by atoms with E-state index in [-0.39, 0.29) is 0 Å². The monoisotopic (exact) mass is 243 g/mol. The van der Waals surface area contributed by atoms with E-state index >= 15 is 0 Å². The predicted octanol–water partition coefficient (Wildman–Crippen LogP) is 4.08. The van der Waals surface area contributed by atoms with Crippen LogP contribution in [0.2, 0.25) is 0 Å². The molecule has 1 N–H and O–H groups in total. The topological polar surface area (TPSA) is 12.0 Å². The third kappa shape index (κ3) is 6.15. The molecule has 0 aromatic heterocycles. The molecule has 1 fully saturated rings. The summed E-state index contributed by atoms with van der Waals surface area (Å²) >= 11 is 2.14. The summed E-state index contributed by atoms with van der Waals surface area (Å²) in [5.41, 5.74) is 0. The summed E-state index contributed by atoms with van der Waals surface area (Å²) in [6.07, 6.45) is 8.31. The normalized spacial score (nSPS) is 23.8. The maximum Gasteiger partial charge on any atom is 0.00669 e. The van der Waals surface area contributed by atoms with E-state index in [0.29, 0.717) is 6.04 Å². The quantitative estimate of drug-likeness (QED) is 0.655. The minimum atomic E-state index is 0.705. The molecule has 3 atom stereocenters. The highest BCUT2D eigenvalue weighted by molar-refractivity contribution is 8.01. The Morgan fingerprint density at radius 2 is 2.12 bits per heavy atom. The van der Waals surface area contributed by atoms with Crippen molar-refractivity contribution in [1.29, 1.82) is 0 Å². The molecule has 2 heteroatoms. The van der Waals surface area contributed by atoms with Crippen molar-refractivity contribution < 1.29 is 0 Å². The maximum atomic E-state index is 3.68. The third-order valence-corrected chi connectivity index (χ3v) is 4.97. The van der Waals surface area contributed by atoms with E-state index in [9.17, 15) is 0 Å². The van der Waals surface area contributed by atoms with Crippen molar-refractivity contribution in [3.8, 4) is 0 Å². The Morgan fingerprint density at radius 3 is 2.69 bits per heavy atom. The lowest BCUT2D eigenvalue weighted by atomic mass is 9.97. The van der Waals surface area contributed by atoms with E-state index in [1.54, 1.807) is 0 Å². The van der Waals surface area contributed by atoms with Gasteiger partial charge >= 0.3 is 0 Å². The summed E-state index contributed by atoms with van der Waals surface area (Å²) in [5, 5.41) is 4.65. The zero-order chi connectivity index (χ0) is 11.8. The highest BCUT2D eigenvalue weighted by Crippen LogP contribution is 2.29. The van der Waals surface area contributed by atoms with Gasteiger partial charge in [-0.2, -0.15) is 11.8 Å². The molecule has 0 aromatic carbocycles. The number of rotatable bonds is 9. The molecule has 0 bridgehead atoms. The van der Waals surface area contributed by atoms with Crippen LogP contribution in [0, 0.1) is 5.92 Å². The van der Waals surface area contributed by atoms with Gasteiger partial charge in [0.25, 0.3) is 0 Å². The van der Waals surface area contributed by atoms with Crippen molar-refractivity contribution in [2.75, 3.05) is 12.3 Å². The maximum absolute atomic E-state index is 3.68. The smallest absolute Gasteiger partial charge is 0.00669 e. The van der Waals surface area contributed by atoms with Crippen LogP contribution in [0.5, 0.6) is 0 Å². The van der Waals surface area contributed by atoms with Crippen LogP contribution in [-0.4, -0.2) is 23.6 Å². The first-order valence-corrected chi connectivity index (χ1v) is 8.12. The van der Waals surface area contributed by atoms with Crippen molar-refractivity contribution in [3.63, 3.8) is 0 Å². The fraction of sp³-hybridized carbons (Fsp3) is 1.00. The van der Waals surface area contributed by atoms with Gasteiger partial charge in [0, 0.05) is 11.3 Å². The van der Waals surface area contributed by atoms with Gasteiger partial charge in [-0.05, 0) is 44.4 Å². The number of unbranched alkanes of at least 4 members (excludes halogenated alkanes) is 1. The molecule has 1 aliphatic rings. The van der Waals surface area contributed by atoms with Gasteiger partial charge in [-0.25, -0.2) is 0 Å². The number of hydrogen-bond acceptors (Lipinski definition) is 2. The molecule has 0 spiro atoms. The van der Waals surface area contributed by atoms with Crippen LogP contribution < -0.4 is 5.32 Å². The summed E-state index contributed by atoms with van der Waals surface area (Å²) in [7, 11) is 0. The molecule has 0 aromatic rings. The van der Waals surface area contributed by atoms with Gasteiger partial charge < -0.3 is 5.32 Å². The molecule has 1 saturated heterocycles. The van der Waals surface area contributed by atoms with Gasteiger partial charge in [-0.1, -0.05) is 33.1 Å². The van der Waals surface area contributed by atoms with Crippen LogP contribution in [0.15, 0.2) is 0 Å². The lowest BCUT2D eigenvalue weighted by Gasteiger charge is -2.26. The minimum absolute atomic E-state index is 0.705. The minimum Gasteiger partial charge on any atom is -0.314 e. The lowest BCUT2D eigenvalue weighted by Crippen LogP contribution is -2.31. The van der Waals surface area contributed by atoms with Crippen molar-refractivity contribution >= 4 is 11.8 Å². The van der Waals surface area contributed by atoms with Crippen molar-refractivity contribution in [2.24, 2.45) is 5.92 Å². The van der Waals surface area contributed by atoms with Crippen LogP contribution in [0.25, 0.3) is 0 Å². The standard InChI is InChI=1S/C14H29NS/c1-4-5-6-12(2)11-13(3)15-9-7-14-8-10-16-14/h12-15H,4-11H2,1-3H3. The first kappa shape index (κ1) is 14.4. The van der Waals surface area contributed by atoms with E-state index in [1.807, 2.05) is 0 Å². The molecule has 1 nitrogen and oxygen atoms in total. The average molecular weight is 243 g/mol. The molecule has 96 valence electrons. The third-order valence-electron chi connectivity index (χ3n) is 3.56. The van der Waals surface area contributed by atoms with Gasteiger partial charge in [0.05, 0.1) is 0 Å². The Kier molecular flexibility index (Phi) is 7.55. The highest BCUT2D eigenvalue weighted by atomic mass is 32.2. The van der Waals surface area contributed by atoms with E-state index in [1.165, 1.54) is 50.8 Å². The molecule has 16 heavy (non-hydrogen) atoms. The SMILES string of the molecule is CCCCC(C)CC(C)NCCC1CCS1. The average Bonchev–Trinajstić information content (AvgIpc) is 2.18. The molecule has 1 rings (SSSR count). The van der Waals surface area contributed by atoms with E-state index in [0.717, 1.165) is 11.2 Å². The zero-order valence-corrected chi connectivity index (χ0v) is 12.1. The molecule has 0 amide bonds. The van der Waals surface area contributed by atoms with E-state index < -0.39 is 0 Å². The number of nitrogens with one attached hydrogen (secondary N) is 1. The van der Waals surface area contributed by atoms with Gasteiger partial charge in [0.1, 0.15) is 0 Å². The van der Waals surface area contributed by atoms with Gasteiger partial charge in [0.2, 0.25) is 0 Å². The summed E-state index contributed by atoms with van der Waals surface area (Å²) in [4.78, 5) is 0. The summed E-state index contributed by atoms with van der Waals surface area (Å²) in [5.74, 6) is 2.29. The largest absolute Gasteiger partial charge is 0.314 e. The molecular formula is C14H29NS. The predicted molar refractivity (Wildman–Crippen MR) is 76.3 cm³/mol. The Hall–Kier alpha value is 0.310. The second-order valence-electron chi connectivity index (χ2n) is 5.41. The molecule has 3 unspecified atom stereocenters. The van der Waals surface area contributed by atoms with Crippen molar-refractivity contribution in [1.82, 2.24) is 5.32 Å². The Bertz CT molecular complexity index is 168. The number of thioether (sulfide) groups is 1. The van der Waals surface area contributed by atoms with Gasteiger partial charge in [-0.15, -0.1) is 0 Å². The van der Waals surface area contributed by atoms with Crippen LogP contribution in [0.4, 0.5) is 0 Å². The first-order valence-electron chi connectivity index (χ1n) is 7.07. The zero-order valence-electron chi connectivity index (χ0n) is 11.3. The molecule has 0 radical (unpaired) electrons. The van der Waals surface area contributed by atoms with Gasteiger partial charge in [-0.3, -0.25) is 0 Å². The van der Waals surface area contributed by atoms with Crippen LogP contribution >= 0.6 is 11.8 Å². The lowest BCUT2D eigenvalue weighted by molar-refractivity contribution is 0.391. The molecule has 0 aliphatic carbocycles. The van der Waals surface area contributed by atoms with E-state index in [4.69, 9.17) is 0 Å². The Labute approximate surface area is 106 Å². The van der Waals surface area contributed by atoms with Crippen LogP contribution in [0.3, 0.4) is 0 Å². The summed E-state index contributed by atoms with van der Waals surface area (Å²) in [6, 6.07) is 0.705. The molecular weight excluding hydrogens is 214 g/mol. The Morgan fingerprint density at radius 1 is 1.38 bits per heavy atom. The first-order chi connectivity index (χ1) is 7.72. The molecule has 1 aliphatic heterocycles. The highest BCUT2D eigenvalue weighted by Gasteiger charge is 2.17. The van der Waals surface area contributed by atoms with E-state index in [2.05, 4.69) is 37.8 Å². The molecule has 0 saturated carbocycles.